The lowest BCUT2D eigenvalue weighted by atomic mass is 9.72. The van der Waals surface area contributed by atoms with Crippen molar-refractivity contribution in [1.82, 2.24) is 4.90 Å². The first-order valence-corrected chi connectivity index (χ1v) is 7.78. The molecule has 0 aliphatic carbocycles. The van der Waals surface area contributed by atoms with E-state index in [1.807, 2.05) is 32.0 Å². The van der Waals surface area contributed by atoms with Crippen LogP contribution in [-0.4, -0.2) is 40.3 Å². The highest BCUT2D eigenvalue weighted by Crippen LogP contribution is 2.44. The van der Waals surface area contributed by atoms with Gasteiger partial charge in [0.1, 0.15) is 18.5 Å². The number of hydrogen-bond donors (Lipinski definition) is 1. The van der Waals surface area contributed by atoms with E-state index in [1.165, 1.54) is 0 Å². The Hall–Kier alpha value is -0.770. The Bertz CT molecular complexity index is 480. The molecule has 1 N–H and O–H groups in total. The lowest BCUT2D eigenvalue weighted by molar-refractivity contribution is -0.127. The van der Waals surface area contributed by atoms with Gasteiger partial charge in [-0.15, -0.1) is 12.4 Å². The second-order valence-electron chi connectivity index (χ2n) is 7.60. The molecule has 22 heavy (non-hydrogen) atoms. The molecule has 4 heteroatoms. The number of rotatable bonds is 5. The van der Waals surface area contributed by atoms with E-state index in [4.69, 9.17) is 4.74 Å². The van der Waals surface area contributed by atoms with Crippen molar-refractivity contribution < 1.29 is 9.84 Å². The second-order valence-corrected chi connectivity index (χ2v) is 7.60. The van der Waals surface area contributed by atoms with Gasteiger partial charge < -0.3 is 9.84 Å². The van der Waals surface area contributed by atoms with Crippen molar-refractivity contribution in [3.63, 3.8) is 0 Å². The number of aryl methyl sites for hydroxylation is 2. The van der Waals surface area contributed by atoms with Gasteiger partial charge in [0.25, 0.3) is 0 Å². The molecule has 0 saturated carbocycles. The van der Waals surface area contributed by atoms with Crippen LogP contribution in [-0.2, 0) is 0 Å². The molecule has 0 aromatic heterocycles. The summed E-state index contributed by atoms with van der Waals surface area (Å²) in [6.07, 6.45) is 0.688. The van der Waals surface area contributed by atoms with Gasteiger partial charge in [-0.05, 0) is 59.1 Å². The van der Waals surface area contributed by atoms with Crippen LogP contribution in [0.1, 0.15) is 45.2 Å². The van der Waals surface area contributed by atoms with Gasteiger partial charge in [0.15, 0.2) is 0 Å². The Balaban J connectivity index is 0.00000242. The van der Waals surface area contributed by atoms with E-state index in [-0.39, 0.29) is 23.5 Å². The molecule has 126 valence electrons. The van der Waals surface area contributed by atoms with Crippen LogP contribution in [0.25, 0.3) is 0 Å². The minimum Gasteiger partial charge on any atom is -0.490 e. The molecule has 0 radical (unpaired) electrons. The number of aliphatic hydroxyl groups is 1. The molecule has 1 heterocycles. The van der Waals surface area contributed by atoms with Gasteiger partial charge in [0.05, 0.1) is 0 Å². The predicted octanol–water partition coefficient (Wildman–Crippen LogP) is 3.73. The highest BCUT2D eigenvalue weighted by molar-refractivity contribution is 5.85. The SMILES string of the molecule is Cc1cccc(C)c1OCC(O)CN1C(C)(C)CC1(C)C.Cl. The number of β-amino-alcohol motifs (C(OH)–C–C–N with tert-alkyl or cyclic N) is 1. The third kappa shape index (κ3) is 3.95. The summed E-state index contributed by atoms with van der Waals surface area (Å²) in [6, 6.07) is 6.10. The minimum atomic E-state index is -0.470. The Morgan fingerprint density at radius 2 is 1.64 bits per heavy atom. The average Bonchev–Trinajstić information content (AvgIpc) is 2.34. The number of para-hydroxylation sites is 1. The van der Waals surface area contributed by atoms with E-state index in [0.717, 1.165) is 23.3 Å². The third-order valence-electron chi connectivity index (χ3n) is 4.55. The van der Waals surface area contributed by atoms with E-state index in [9.17, 15) is 5.11 Å². The summed E-state index contributed by atoms with van der Waals surface area (Å²) >= 11 is 0. The fourth-order valence-electron chi connectivity index (χ4n) is 3.94. The molecular weight excluding hydrogens is 298 g/mol. The van der Waals surface area contributed by atoms with Crippen molar-refractivity contribution in [2.75, 3.05) is 13.2 Å². The molecule has 0 spiro atoms. The van der Waals surface area contributed by atoms with Gasteiger partial charge in [-0.2, -0.15) is 0 Å². The number of ether oxygens (including phenoxy) is 1. The molecule has 0 amide bonds. The summed E-state index contributed by atoms with van der Waals surface area (Å²) in [6.45, 7) is 14.0. The van der Waals surface area contributed by atoms with Crippen LogP contribution in [0.3, 0.4) is 0 Å². The Labute approximate surface area is 141 Å². The molecule has 1 aliphatic heterocycles. The zero-order valence-corrected chi connectivity index (χ0v) is 15.5. The molecule has 2 rings (SSSR count). The summed E-state index contributed by atoms with van der Waals surface area (Å²) < 4.78 is 5.86. The van der Waals surface area contributed by atoms with Crippen LogP contribution >= 0.6 is 12.4 Å². The first-order valence-electron chi connectivity index (χ1n) is 7.78. The first kappa shape index (κ1) is 19.3. The molecule has 1 unspecified atom stereocenters. The van der Waals surface area contributed by atoms with Gasteiger partial charge in [0, 0.05) is 17.6 Å². The van der Waals surface area contributed by atoms with E-state index in [2.05, 4.69) is 32.6 Å². The molecule has 0 bridgehead atoms. The maximum Gasteiger partial charge on any atom is 0.125 e. The zero-order valence-electron chi connectivity index (χ0n) is 14.6. The van der Waals surface area contributed by atoms with Crippen LogP contribution in [0.15, 0.2) is 18.2 Å². The van der Waals surface area contributed by atoms with Crippen molar-refractivity contribution in [2.45, 2.75) is 65.1 Å². The first-order chi connectivity index (χ1) is 9.63. The summed E-state index contributed by atoms with van der Waals surface area (Å²) in [5.74, 6) is 0.902. The zero-order chi connectivity index (χ0) is 15.8. The number of aliphatic hydroxyl groups excluding tert-OH is 1. The molecule has 1 aromatic rings. The Kier molecular flexibility index (Phi) is 5.94. The topological polar surface area (TPSA) is 32.7 Å². The van der Waals surface area contributed by atoms with E-state index in [0.29, 0.717) is 13.2 Å². The lowest BCUT2D eigenvalue weighted by Crippen LogP contribution is -2.70. The Morgan fingerprint density at radius 3 is 2.09 bits per heavy atom. The summed E-state index contributed by atoms with van der Waals surface area (Å²) in [5.41, 5.74) is 2.57. The van der Waals surface area contributed by atoms with Gasteiger partial charge in [-0.3, -0.25) is 4.90 Å². The van der Waals surface area contributed by atoms with Crippen LogP contribution in [0.5, 0.6) is 5.75 Å². The summed E-state index contributed by atoms with van der Waals surface area (Å²) in [4.78, 5) is 2.37. The summed E-state index contributed by atoms with van der Waals surface area (Å²) in [7, 11) is 0. The quantitative estimate of drug-likeness (QED) is 0.894. The number of benzene rings is 1. The van der Waals surface area contributed by atoms with Crippen LogP contribution in [0.2, 0.25) is 0 Å². The molecule has 1 atom stereocenters. The van der Waals surface area contributed by atoms with Crippen molar-refractivity contribution in [3.05, 3.63) is 29.3 Å². The highest BCUT2D eigenvalue weighted by Gasteiger charge is 2.50. The van der Waals surface area contributed by atoms with Gasteiger partial charge in [-0.25, -0.2) is 0 Å². The monoisotopic (exact) mass is 327 g/mol. The predicted molar refractivity (Wildman–Crippen MR) is 94.1 cm³/mol. The Morgan fingerprint density at radius 1 is 1.14 bits per heavy atom. The van der Waals surface area contributed by atoms with Crippen LogP contribution in [0, 0.1) is 13.8 Å². The number of nitrogens with zero attached hydrogens (tertiary/aromatic N) is 1. The lowest BCUT2D eigenvalue weighted by Gasteiger charge is -2.61. The normalized spacial score (nSPS) is 20.7. The standard InChI is InChI=1S/C18H29NO2.ClH/c1-13-8-7-9-14(2)16(13)21-11-15(20)10-19-17(3,4)12-18(19,5)6;/h7-9,15,20H,10-12H2,1-6H3;1H. The van der Waals surface area contributed by atoms with Crippen molar-refractivity contribution >= 4 is 12.4 Å². The number of likely N-dealkylation sites (tertiary alicyclic amines) is 1. The van der Waals surface area contributed by atoms with Crippen molar-refractivity contribution in [3.8, 4) is 5.75 Å². The molecule has 1 fully saturated rings. The van der Waals surface area contributed by atoms with Crippen LogP contribution < -0.4 is 4.74 Å². The maximum atomic E-state index is 10.3. The molecule has 1 aromatic carbocycles. The minimum absolute atomic E-state index is 0. The second kappa shape index (κ2) is 6.77. The largest absolute Gasteiger partial charge is 0.490 e. The molecule has 3 nitrogen and oxygen atoms in total. The fourth-order valence-corrected chi connectivity index (χ4v) is 3.94. The molecular formula is C18H30ClNO2. The summed E-state index contributed by atoms with van der Waals surface area (Å²) in [5, 5.41) is 10.3. The van der Waals surface area contributed by atoms with E-state index in [1.54, 1.807) is 0 Å². The van der Waals surface area contributed by atoms with Crippen molar-refractivity contribution in [1.29, 1.82) is 0 Å². The number of halogens is 1. The average molecular weight is 328 g/mol. The van der Waals surface area contributed by atoms with E-state index >= 15 is 0 Å². The maximum absolute atomic E-state index is 10.3. The van der Waals surface area contributed by atoms with Gasteiger partial charge >= 0.3 is 0 Å². The van der Waals surface area contributed by atoms with E-state index < -0.39 is 6.10 Å². The highest BCUT2D eigenvalue weighted by atomic mass is 35.5. The fraction of sp³-hybridized carbons (Fsp3) is 0.667. The molecule has 1 saturated heterocycles. The third-order valence-corrected chi connectivity index (χ3v) is 4.55. The molecule has 1 aliphatic rings. The van der Waals surface area contributed by atoms with Gasteiger partial charge in [0.2, 0.25) is 0 Å². The van der Waals surface area contributed by atoms with Crippen molar-refractivity contribution in [2.24, 2.45) is 0 Å². The van der Waals surface area contributed by atoms with Gasteiger partial charge in [-0.1, -0.05) is 18.2 Å². The van der Waals surface area contributed by atoms with Crippen LogP contribution in [0.4, 0.5) is 0 Å². The number of hydrogen-bond acceptors (Lipinski definition) is 3. The smallest absolute Gasteiger partial charge is 0.125 e.